The van der Waals surface area contributed by atoms with Gasteiger partial charge in [-0.1, -0.05) is 12.1 Å². The molecule has 4 rings (SSSR count). The van der Waals surface area contributed by atoms with Crippen LogP contribution < -0.4 is 10.2 Å². The fourth-order valence-electron chi connectivity index (χ4n) is 2.75. The molecule has 1 amide bonds. The summed E-state index contributed by atoms with van der Waals surface area (Å²) in [6.07, 6.45) is 0. The molecular weight excluding hydrogens is 320 g/mol. The van der Waals surface area contributed by atoms with Gasteiger partial charge < -0.3 is 19.9 Å². The minimum absolute atomic E-state index is 0.276. The number of hydrogen-bond donors (Lipinski definition) is 2. The van der Waals surface area contributed by atoms with Crippen molar-refractivity contribution < 1.29 is 9.53 Å². The fraction of sp³-hybridized carbons (Fsp3) is 0.294. The first-order valence-electron chi connectivity index (χ1n) is 8.18. The molecule has 8 nitrogen and oxygen atoms in total. The third-order valence-corrected chi connectivity index (χ3v) is 4.07. The number of H-pyrrole nitrogens is 1. The lowest BCUT2D eigenvalue weighted by Crippen LogP contribution is -2.37. The Labute approximate surface area is 144 Å². The Morgan fingerprint density at radius 2 is 2.00 bits per heavy atom. The summed E-state index contributed by atoms with van der Waals surface area (Å²) in [4.78, 5) is 21.9. The molecule has 0 saturated carbocycles. The molecule has 2 aromatic heterocycles. The van der Waals surface area contributed by atoms with E-state index in [-0.39, 0.29) is 11.6 Å². The molecule has 1 fully saturated rings. The van der Waals surface area contributed by atoms with E-state index in [1.54, 1.807) is 6.07 Å². The number of ether oxygens (including phenoxy) is 1. The Bertz CT molecular complexity index is 837. The summed E-state index contributed by atoms with van der Waals surface area (Å²) in [6.45, 7) is 3.24. The number of imidazole rings is 1. The maximum Gasteiger partial charge on any atom is 0.272 e. The molecule has 1 saturated heterocycles. The van der Waals surface area contributed by atoms with Crippen LogP contribution in [0.3, 0.4) is 0 Å². The highest BCUT2D eigenvalue weighted by atomic mass is 16.5. The lowest BCUT2D eigenvalue weighted by molar-refractivity contribution is 0.0943. The van der Waals surface area contributed by atoms with E-state index in [0.717, 1.165) is 29.9 Å². The largest absolute Gasteiger partial charge is 0.378 e. The van der Waals surface area contributed by atoms with E-state index in [9.17, 15) is 4.79 Å². The summed E-state index contributed by atoms with van der Waals surface area (Å²) in [6, 6.07) is 11.2. The third-order valence-electron chi connectivity index (χ3n) is 4.07. The summed E-state index contributed by atoms with van der Waals surface area (Å²) < 4.78 is 5.32. The molecule has 0 bridgehead atoms. The number of carbonyl (C=O) groups excluding carboxylic acids is 1. The van der Waals surface area contributed by atoms with Crippen molar-refractivity contribution >= 4 is 22.8 Å². The standard InChI is InChI=1S/C17H18N6O2/c24-17(18-11-15-19-12-3-1-2-4-13(12)20-15)14-5-6-16(22-21-14)23-7-9-25-10-8-23/h1-6H,7-11H2,(H,18,24)(H,19,20). The number of morpholine rings is 1. The summed E-state index contributed by atoms with van der Waals surface area (Å²) in [5.74, 6) is 1.19. The van der Waals surface area contributed by atoms with E-state index < -0.39 is 0 Å². The molecule has 3 aromatic rings. The van der Waals surface area contributed by atoms with Crippen LogP contribution in [0.1, 0.15) is 16.3 Å². The van der Waals surface area contributed by atoms with Crippen molar-refractivity contribution in [2.24, 2.45) is 0 Å². The fourth-order valence-corrected chi connectivity index (χ4v) is 2.75. The van der Waals surface area contributed by atoms with Crippen LogP contribution >= 0.6 is 0 Å². The number of anilines is 1. The van der Waals surface area contributed by atoms with Gasteiger partial charge in [-0.3, -0.25) is 4.79 Å². The number of nitrogens with zero attached hydrogens (tertiary/aromatic N) is 4. The predicted molar refractivity (Wildman–Crippen MR) is 92.3 cm³/mol. The van der Waals surface area contributed by atoms with Gasteiger partial charge in [0.1, 0.15) is 5.82 Å². The molecule has 25 heavy (non-hydrogen) atoms. The zero-order chi connectivity index (χ0) is 17.1. The lowest BCUT2D eigenvalue weighted by atomic mass is 10.3. The van der Waals surface area contributed by atoms with Crippen molar-refractivity contribution in [2.45, 2.75) is 6.54 Å². The van der Waals surface area contributed by atoms with Crippen LogP contribution in [0.15, 0.2) is 36.4 Å². The number of aromatic nitrogens is 4. The van der Waals surface area contributed by atoms with E-state index in [0.29, 0.717) is 25.6 Å². The third kappa shape index (κ3) is 3.43. The first-order valence-corrected chi connectivity index (χ1v) is 8.18. The van der Waals surface area contributed by atoms with Crippen LogP contribution in [0.2, 0.25) is 0 Å². The van der Waals surface area contributed by atoms with Crippen LogP contribution in [0, 0.1) is 0 Å². The highest BCUT2D eigenvalue weighted by molar-refractivity contribution is 5.92. The molecule has 0 spiro atoms. The average Bonchev–Trinajstić information content (AvgIpc) is 3.10. The number of rotatable bonds is 4. The molecule has 0 aliphatic carbocycles. The van der Waals surface area contributed by atoms with Gasteiger partial charge in [0.25, 0.3) is 5.91 Å². The van der Waals surface area contributed by atoms with Gasteiger partial charge in [0.15, 0.2) is 11.5 Å². The van der Waals surface area contributed by atoms with Gasteiger partial charge >= 0.3 is 0 Å². The summed E-state index contributed by atoms with van der Waals surface area (Å²) >= 11 is 0. The molecule has 0 unspecified atom stereocenters. The number of carbonyl (C=O) groups is 1. The van der Waals surface area contributed by atoms with Crippen LogP contribution in [0.4, 0.5) is 5.82 Å². The molecular formula is C17H18N6O2. The van der Waals surface area contributed by atoms with Gasteiger partial charge in [-0.15, -0.1) is 10.2 Å². The Balaban J connectivity index is 1.38. The minimum atomic E-state index is -0.276. The van der Waals surface area contributed by atoms with Gasteiger partial charge in [-0.2, -0.15) is 0 Å². The number of amides is 1. The van der Waals surface area contributed by atoms with E-state index in [4.69, 9.17) is 4.74 Å². The number of hydrogen-bond acceptors (Lipinski definition) is 6. The highest BCUT2D eigenvalue weighted by Crippen LogP contribution is 2.12. The Kier molecular flexibility index (Phi) is 4.26. The van der Waals surface area contributed by atoms with E-state index in [1.165, 1.54) is 0 Å². The number of nitrogens with one attached hydrogen (secondary N) is 2. The summed E-state index contributed by atoms with van der Waals surface area (Å²) in [5.41, 5.74) is 2.11. The van der Waals surface area contributed by atoms with E-state index in [1.807, 2.05) is 30.3 Å². The molecule has 2 N–H and O–H groups in total. The highest BCUT2D eigenvalue weighted by Gasteiger charge is 2.14. The van der Waals surface area contributed by atoms with Crippen molar-refractivity contribution in [3.05, 3.63) is 47.9 Å². The van der Waals surface area contributed by atoms with E-state index in [2.05, 4.69) is 30.4 Å². The molecule has 0 radical (unpaired) electrons. The number of benzene rings is 1. The second kappa shape index (κ2) is 6.86. The van der Waals surface area contributed by atoms with E-state index >= 15 is 0 Å². The Morgan fingerprint density at radius 3 is 2.76 bits per heavy atom. The van der Waals surface area contributed by atoms with Gasteiger partial charge in [0, 0.05) is 13.1 Å². The van der Waals surface area contributed by atoms with Gasteiger partial charge in [0.05, 0.1) is 30.8 Å². The quantitative estimate of drug-likeness (QED) is 0.740. The van der Waals surface area contributed by atoms with Crippen LogP contribution in [0.5, 0.6) is 0 Å². The van der Waals surface area contributed by atoms with Crippen molar-refractivity contribution in [2.75, 3.05) is 31.2 Å². The second-order valence-electron chi connectivity index (χ2n) is 5.76. The van der Waals surface area contributed by atoms with Gasteiger partial charge in [0.2, 0.25) is 0 Å². The van der Waals surface area contributed by atoms with Crippen molar-refractivity contribution in [3.63, 3.8) is 0 Å². The topological polar surface area (TPSA) is 96.0 Å². The van der Waals surface area contributed by atoms with Crippen molar-refractivity contribution in [1.82, 2.24) is 25.5 Å². The molecule has 128 valence electrons. The lowest BCUT2D eigenvalue weighted by Gasteiger charge is -2.27. The SMILES string of the molecule is O=C(NCc1nc2ccccc2[nH]1)c1ccc(N2CCOCC2)nn1. The zero-order valence-electron chi connectivity index (χ0n) is 13.6. The predicted octanol–water partition coefficient (Wildman–Crippen LogP) is 1.12. The molecule has 8 heteroatoms. The molecule has 3 heterocycles. The molecule has 1 aliphatic heterocycles. The first-order chi connectivity index (χ1) is 12.3. The maximum absolute atomic E-state index is 12.2. The van der Waals surface area contributed by atoms with Gasteiger partial charge in [-0.05, 0) is 24.3 Å². The maximum atomic E-state index is 12.2. The first kappa shape index (κ1) is 15.5. The Morgan fingerprint density at radius 1 is 1.16 bits per heavy atom. The second-order valence-corrected chi connectivity index (χ2v) is 5.76. The number of para-hydroxylation sites is 2. The minimum Gasteiger partial charge on any atom is -0.378 e. The molecule has 1 aliphatic rings. The average molecular weight is 338 g/mol. The number of aromatic amines is 1. The molecule has 1 aromatic carbocycles. The van der Waals surface area contributed by atoms with Crippen molar-refractivity contribution in [1.29, 1.82) is 0 Å². The number of fused-ring (bicyclic) bond motifs is 1. The normalized spacial score (nSPS) is 14.6. The zero-order valence-corrected chi connectivity index (χ0v) is 13.6. The van der Waals surface area contributed by atoms with Gasteiger partial charge in [-0.25, -0.2) is 4.98 Å². The van der Waals surface area contributed by atoms with Crippen LogP contribution in [-0.2, 0) is 11.3 Å². The van der Waals surface area contributed by atoms with Crippen LogP contribution in [-0.4, -0.2) is 52.4 Å². The monoisotopic (exact) mass is 338 g/mol. The van der Waals surface area contributed by atoms with Crippen molar-refractivity contribution in [3.8, 4) is 0 Å². The Hall–Kier alpha value is -3.00. The summed E-state index contributed by atoms with van der Waals surface area (Å²) in [5, 5.41) is 11.0. The molecule has 0 atom stereocenters. The summed E-state index contributed by atoms with van der Waals surface area (Å²) in [7, 11) is 0. The van der Waals surface area contributed by atoms with Crippen LogP contribution in [0.25, 0.3) is 11.0 Å². The smallest absolute Gasteiger partial charge is 0.272 e.